The van der Waals surface area contributed by atoms with E-state index in [2.05, 4.69) is 37.1 Å². The van der Waals surface area contributed by atoms with Crippen LogP contribution < -0.4 is 4.74 Å². The van der Waals surface area contributed by atoms with Crippen molar-refractivity contribution >= 4 is 5.97 Å². The largest absolute Gasteiger partial charge is 0.493 e. The summed E-state index contributed by atoms with van der Waals surface area (Å²) in [7, 11) is 0. The Morgan fingerprint density at radius 3 is 2.18 bits per heavy atom. The van der Waals surface area contributed by atoms with Gasteiger partial charge in [0.15, 0.2) is 0 Å². The van der Waals surface area contributed by atoms with Gasteiger partial charge < -0.3 is 9.84 Å². The molecule has 2 aromatic carbocycles. The molecule has 178 valence electrons. The van der Waals surface area contributed by atoms with Crippen LogP contribution in [0.1, 0.15) is 95.1 Å². The van der Waals surface area contributed by atoms with Crippen molar-refractivity contribution in [2.75, 3.05) is 6.61 Å². The van der Waals surface area contributed by atoms with Gasteiger partial charge in [0.05, 0.1) is 6.61 Å². The second kappa shape index (κ2) is 16.0. The van der Waals surface area contributed by atoms with Crippen molar-refractivity contribution in [2.24, 2.45) is 0 Å². The molecule has 0 amide bonds. The Kier molecular flexibility index (Phi) is 12.8. The molecule has 0 aliphatic rings. The fraction of sp³-hybridized carbons (Fsp3) is 0.500. The van der Waals surface area contributed by atoms with Crippen LogP contribution >= 0.6 is 0 Å². The Morgan fingerprint density at radius 2 is 1.55 bits per heavy atom. The lowest BCUT2D eigenvalue weighted by atomic mass is 9.97. The number of carboxylic acid groups (broad SMARTS) is 1. The first-order valence-corrected chi connectivity index (χ1v) is 12.7. The monoisotopic (exact) mass is 448 g/mol. The number of ether oxygens (including phenoxy) is 1. The number of aryl methyl sites for hydroxylation is 1. The fourth-order valence-corrected chi connectivity index (χ4v) is 4.11. The van der Waals surface area contributed by atoms with E-state index in [-0.39, 0.29) is 0 Å². The van der Waals surface area contributed by atoms with Crippen molar-refractivity contribution < 1.29 is 14.6 Å². The van der Waals surface area contributed by atoms with Gasteiger partial charge in [-0.3, -0.25) is 4.79 Å². The van der Waals surface area contributed by atoms with Crippen molar-refractivity contribution in [1.29, 1.82) is 0 Å². The molecule has 1 N–H and O–H groups in total. The molecule has 0 saturated carbocycles. The molecule has 0 radical (unpaired) electrons. The number of rotatable bonds is 17. The second-order valence-corrected chi connectivity index (χ2v) is 8.80. The SMILES string of the molecule is C#Cc1cccc(OCCCCCCCCCCC(=O)O)c1-c1ccc(CCCCC)cc1. The van der Waals surface area contributed by atoms with Gasteiger partial charge in [-0.15, -0.1) is 6.42 Å². The van der Waals surface area contributed by atoms with Crippen LogP contribution in [0.4, 0.5) is 0 Å². The minimum Gasteiger partial charge on any atom is -0.493 e. The number of carbonyl (C=O) groups is 1. The number of terminal acetylenes is 1. The third-order valence-electron chi connectivity index (χ3n) is 6.04. The van der Waals surface area contributed by atoms with E-state index in [9.17, 15) is 4.79 Å². The molecule has 0 aliphatic heterocycles. The molecule has 0 saturated heterocycles. The van der Waals surface area contributed by atoms with Crippen LogP contribution in [0, 0.1) is 12.3 Å². The summed E-state index contributed by atoms with van der Waals surface area (Å²) in [5.74, 6) is 3.00. The van der Waals surface area contributed by atoms with Crippen molar-refractivity contribution in [1.82, 2.24) is 0 Å². The van der Waals surface area contributed by atoms with Crippen molar-refractivity contribution in [3.63, 3.8) is 0 Å². The highest BCUT2D eigenvalue weighted by Crippen LogP contribution is 2.33. The third kappa shape index (κ3) is 10.2. The number of benzene rings is 2. The van der Waals surface area contributed by atoms with E-state index in [1.54, 1.807) is 0 Å². The zero-order valence-electron chi connectivity index (χ0n) is 20.3. The molecule has 0 unspecified atom stereocenters. The maximum atomic E-state index is 10.5. The summed E-state index contributed by atoms with van der Waals surface area (Å²) in [6.45, 7) is 2.92. The highest BCUT2D eigenvalue weighted by Gasteiger charge is 2.11. The number of unbranched alkanes of at least 4 members (excludes halogenated alkanes) is 9. The van der Waals surface area contributed by atoms with Crippen LogP contribution in [-0.2, 0) is 11.2 Å². The lowest BCUT2D eigenvalue weighted by Crippen LogP contribution is -2.00. The molecule has 0 fully saturated rings. The quantitative estimate of drug-likeness (QED) is 0.197. The number of hydrogen-bond acceptors (Lipinski definition) is 2. The average Bonchev–Trinajstić information content (AvgIpc) is 2.82. The molecule has 3 heteroatoms. The Bertz CT molecular complexity index is 861. The van der Waals surface area contributed by atoms with E-state index in [0.29, 0.717) is 13.0 Å². The summed E-state index contributed by atoms with van der Waals surface area (Å²) in [5.41, 5.74) is 4.37. The molecule has 2 aromatic rings. The minimum absolute atomic E-state index is 0.295. The molecule has 2 rings (SSSR count). The fourth-order valence-electron chi connectivity index (χ4n) is 4.11. The minimum atomic E-state index is -0.689. The maximum absolute atomic E-state index is 10.5. The number of carboxylic acids is 1. The summed E-state index contributed by atoms with van der Waals surface area (Å²) >= 11 is 0. The third-order valence-corrected chi connectivity index (χ3v) is 6.04. The Labute approximate surface area is 200 Å². The van der Waals surface area contributed by atoms with Gasteiger partial charge in [-0.1, -0.05) is 94.5 Å². The average molecular weight is 449 g/mol. The first-order chi connectivity index (χ1) is 16.2. The van der Waals surface area contributed by atoms with Crippen molar-refractivity contribution in [3.8, 4) is 29.2 Å². The predicted octanol–water partition coefficient (Wildman–Crippen LogP) is 8.04. The molecule has 0 atom stereocenters. The van der Waals surface area contributed by atoms with Crippen LogP contribution in [0.5, 0.6) is 5.75 Å². The van der Waals surface area contributed by atoms with Crippen molar-refractivity contribution in [2.45, 2.75) is 90.4 Å². The first-order valence-electron chi connectivity index (χ1n) is 12.7. The van der Waals surface area contributed by atoms with E-state index in [0.717, 1.165) is 61.0 Å². The van der Waals surface area contributed by atoms with Crippen LogP contribution in [0.2, 0.25) is 0 Å². The molecular weight excluding hydrogens is 408 g/mol. The molecule has 0 aromatic heterocycles. The van der Waals surface area contributed by atoms with Crippen LogP contribution in [0.3, 0.4) is 0 Å². The van der Waals surface area contributed by atoms with Gasteiger partial charge in [-0.25, -0.2) is 0 Å². The molecule has 0 spiro atoms. The smallest absolute Gasteiger partial charge is 0.303 e. The highest BCUT2D eigenvalue weighted by molar-refractivity contribution is 5.77. The standard InChI is InChI=1S/C30H40O3/c1-3-5-12-16-25-20-22-27(23-21-25)30-26(4-2)17-15-18-28(30)33-24-14-11-9-7-6-8-10-13-19-29(31)32/h2,15,17-18,20-23H,3,5-14,16,19,24H2,1H3,(H,31,32). The van der Waals surface area contributed by atoms with Gasteiger partial charge in [0.1, 0.15) is 5.75 Å². The predicted molar refractivity (Wildman–Crippen MR) is 138 cm³/mol. The van der Waals surface area contributed by atoms with Gasteiger partial charge in [-0.05, 0) is 48.9 Å². The number of aliphatic carboxylic acids is 1. The van der Waals surface area contributed by atoms with Crippen LogP contribution in [-0.4, -0.2) is 17.7 Å². The summed E-state index contributed by atoms with van der Waals surface area (Å²) in [6.07, 6.45) is 19.6. The van der Waals surface area contributed by atoms with Gasteiger partial charge >= 0.3 is 5.97 Å². The summed E-state index contributed by atoms with van der Waals surface area (Å²) in [6, 6.07) is 14.7. The first kappa shape index (κ1) is 26.5. The van der Waals surface area contributed by atoms with Crippen LogP contribution in [0.15, 0.2) is 42.5 Å². The van der Waals surface area contributed by atoms with E-state index < -0.39 is 5.97 Å². The summed E-state index contributed by atoms with van der Waals surface area (Å²) < 4.78 is 6.17. The van der Waals surface area contributed by atoms with E-state index in [4.69, 9.17) is 16.3 Å². The van der Waals surface area contributed by atoms with Gasteiger partial charge in [0.25, 0.3) is 0 Å². The Balaban J connectivity index is 1.79. The molecule has 33 heavy (non-hydrogen) atoms. The normalized spacial score (nSPS) is 10.7. The topological polar surface area (TPSA) is 46.5 Å². The second-order valence-electron chi connectivity index (χ2n) is 8.80. The van der Waals surface area contributed by atoms with Crippen molar-refractivity contribution in [3.05, 3.63) is 53.6 Å². The summed E-state index contributed by atoms with van der Waals surface area (Å²) in [5, 5.41) is 8.66. The van der Waals surface area contributed by atoms with E-state index >= 15 is 0 Å². The van der Waals surface area contributed by atoms with Gasteiger partial charge in [0.2, 0.25) is 0 Å². The Morgan fingerprint density at radius 1 is 0.879 bits per heavy atom. The zero-order valence-corrected chi connectivity index (χ0v) is 20.3. The zero-order chi connectivity index (χ0) is 23.7. The number of hydrogen-bond donors (Lipinski definition) is 1. The van der Waals surface area contributed by atoms with Gasteiger partial charge in [-0.2, -0.15) is 0 Å². The lowest BCUT2D eigenvalue weighted by Gasteiger charge is -2.14. The maximum Gasteiger partial charge on any atom is 0.303 e. The molecule has 3 nitrogen and oxygen atoms in total. The highest BCUT2D eigenvalue weighted by atomic mass is 16.5. The lowest BCUT2D eigenvalue weighted by molar-refractivity contribution is -0.137. The van der Waals surface area contributed by atoms with E-state index in [1.165, 1.54) is 44.1 Å². The summed E-state index contributed by atoms with van der Waals surface area (Å²) in [4.78, 5) is 10.5. The molecule has 0 heterocycles. The van der Waals surface area contributed by atoms with Gasteiger partial charge in [0, 0.05) is 17.5 Å². The molecule has 0 aliphatic carbocycles. The van der Waals surface area contributed by atoms with E-state index in [1.807, 2.05) is 18.2 Å². The molecule has 0 bridgehead atoms. The molecular formula is C30H40O3. The van der Waals surface area contributed by atoms with Crippen LogP contribution in [0.25, 0.3) is 11.1 Å². The Hall–Kier alpha value is -2.73.